The van der Waals surface area contributed by atoms with E-state index in [1.54, 1.807) is 24.3 Å². The van der Waals surface area contributed by atoms with Crippen LogP contribution < -0.4 is 0 Å². The zero-order valence-corrected chi connectivity index (χ0v) is 29.4. The Labute approximate surface area is 330 Å². The predicted molar refractivity (Wildman–Crippen MR) is 233 cm³/mol. The quantitative estimate of drug-likeness (QED) is 0.162. The maximum absolute atomic E-state index is 9.45. The third kappa shape index (κ3) is 5.16. The van der Waals surface area contributed by atoms with E-state index in [2.05, 4.69) is 72.8 Å². The molecule has 0 aliphatic rings. The molecule has 0 N–H and O–H groups in total. The lowest BCUT2D eigenvalue weighted by atomic mass is 9.85. The second-order valence-corrected chi connectivity index (χ2v) is 13.8. The van der Waals surface area contributed by atoms with Gasteiger partial charge in [-0.1, -0.05) is 176 Å². The van der Waals surface area contributed by atoms with E-state index in [4.69, 9.17) is 9.90 Å². The summed E-state index contributed by atoms with van der Waals surface area (Å²) >= 11 is 0. The van der Waals surface area contributed by atoms with Gasteiger partial charge in [0.15, 0.2) is 0 Å². The number of rotatable bonds is 5. The molecule has 0 fully saturated rings. The second-order valence-electron chi connectivity index (χ2n) is 13.8. The van der Waals surface area contributed by atoms with Crippen LogP contribution in [-0.2, 0) is 0 Å². The van der Waals surface area contributed by atoms with Crippen LogP contribution in [0.1, 0.15) is 11.0 Å². The lowest BCUT2D eigenvalue weighted by Crippen LogP contribution is -1.91. The van der Waals surface area contributed by atoms with E-state index in [0.717, 1.165) is 54.9 Å². The summed E-state index contributed by atoms with van der Waals surface area (Å²) < 4.78 is 79.6. The van der Waals surface area contributed by atoms with Gasteiger partial charge in [0.2, 0.25) is 0 Å². The molecule has 1 heterocycles. The van der Waals surface area contributed by atoms with Crippen molar-refractivity contribution in [2.45, 2.75) is 0 Å². The summed E-state index contributed by atoms with van der Waals surface area (Å²) in [5.74, 6) is 0. The molecule has 0 radical (unpaired) electrons. The number of furan rings is 1. The third-order valence-electron chi connectivity index (χ3n) is 10.7. The third-order valence-corrected chi connectivity index (χ3v) is 10.7. The fourth-order valence-corrected chi connectivity index (χ4v) is 8.21. The summed E-state index contributed by atoms with van der Waals surface area (Å²) in [6.45, 7) is 0. The molecule has 0 unspecified atom stereocenters. The predicted octanol–water partition coefficient (Wildman–Crippen LogP) is 15.4. The average Bonchev–Trinajstić information content (AvgIpc) is 3.71. The van der Waals surface area contributed by atoms with Gasteiger partial charge < -0.3 is 4.42 Å². The Balaban J connectivity index is 1.29. The second kappa shape index (κ2) is 12.7. The summed E-state index contributed by atoms with van der Waals surface area (Å²) in [5.41, 5.74) is 8.93. The highest BCUT2D eigenvalue weighted by atomic mass is 16.3. The van der Waals surface area contributed by atoms with Crippen LogP contribution in [0.25, 0.3) is 110 Å². The number of hydrogen-bond acceptors (Lipinski definition) is 1. The van der Waals surface area contributed by atoms with Crippen molar-refractivity contribution in [3.8, 4) is 55.6 Å². The van der Waals surface area contributed by atoms with Gasteiger partial charge in [-0.15, -0.1) is 0 Å². The number of hydrogen-bond donors (Lipinski definition) is 0. The van der Waals surface area contributed by atoms with Crippen molar-refractivity contribution in [1.82, 2.24) is 0 Å². The minimum absolute atomic E-state index is 0.164. The molecule has 11 rings (SSSR count). The van der Waals surface area contributed by atoms with Crippen LogP contribution in [-0.4, -0.2) is 0 Å². The summed E-state index contributed by atoms with van der Waals surface area (Å²) in [4.78, 5) is 0. The SMILES string of the molecule is [2H]c1c([2H])c([2H])c2c(-c3ccc4oc5ccc(-c6ccc7ccccc7c6)c(-c6cccc(-c7ccccc7)c6)c5c4c3)c3c([2H])c([2H])c([2H])c([2H])c3c(-c3ccccc3)c2c1[2H]. The molecule has 0 saturated heterocycles. The first-order chi connectivity index (χ1) is 30.6. The van der Waals surface area contributed by atoms with Gasteiger partial charge >= 0.3 is 0 Å². The lowest BCUT2D eigenvalue weighted by molar-refractivity contribution is 0.669. The molecular formula is C54H34O. The Hall–Kier alpha value is -7.22. The van der Waals surface area contributed by atoms with Crippen LogP contribution >= 0.6 is 0 Å². The molecule has 1 nitrogen and oxygen atoms in total. The van der Waals surface area contributed by atoms with Gasteiger partial charge in [0.1, 0.15) is 11.2 Å². The Morgan fingerprint density at radius 2 is 0.873 bits per heavy atom. The Kier molecular flexibility index (Phi) is 5.59. The first-order valence-electron chi connectivity index (χ1n) is 22.3. The van der Waals surface area contributed by atoms with E-state index in [-0.39, 0.29) is 51.3 Å². The van der Waals surface area contributed by atoms with E-state index in [9.17, 15) is 5.48 Å². The summed E-state index contributed by atoms with van der Waals surface area (Å²) in [6.07, 6.45) is 0. The Morgan fingerprint density at radius 3 is 1.58 bits per heavy atom. The van der Waals surface area contributed by atoms with Crippen LogP contribution in [0.4, 0.5) is 0 Å². The molecule has 0 aliphatic heterocycles. The minimum atomic E-state index is -0.441. The molecule has 0 bridgehead atoms. The monoisotopic (exact) mass is 706 g/mol. The normalized spacial score (nSPS) is 13.7. The summed E-state index contributed by atoms with van der Waals surface area (Å²) in [5, 5.41) is 4.48. The maximum atomic E-state index is 9.45. The van der Waals surface area contributed by atoms with Crippen molar-refractivity contribution < 1.29 is 15.4 Å². The van der Waals surface area contributed by atoms with E-state index < -0.39 is 24.2 Å². The molecule has 0 spiro atoms. The van der Waals surface area contributed by atoms with Crippen LogP contribution in [0.3, 0.4) is 0 Å². The van der Waals surface area contributed by atoms with Crippen molar-refractivity contribution >= 4 is 54.3 Å². The van der Waals surface area contributed by atoms with Crippen molar-refractivity contribution in [3.63, 3.8) is 0 Å². The molecule has 55 heavy (non-hydrogen) atoms. The van der Waals surface area contributed by atoms with E-state index in [1.165, 1.54) is 0 Å². The minimum Gasteiger partial charge on any atom is -0.456 e. The highest BCUT2D eigenvalue weighted by Crippen LogP contribution is 2.47. The van der Waals surface area contributed by atoms with Crippen LogP contribution in [0.2, 0.25) is 0 Å². The first kappa shape index (κ1) is 24.2. The molecule has 10 aromatic carbocycles. The molecular weight excluding hydrogens is 665 g/mol. The first-order valence-corrected chi connectivity index (χ1v) is 18.3. The van der Waals surface area contributed by atoms with E-state index in [0.29, 0.717) is 27.9 Å². The van der Waals surface area contributed by atoms with Gasteiger partial charge in [-0.05, 0) is 113 Å². The standard InChI is InChI=1S/C54H34O/c1-3-14-35(15-4-1)39-20-13-21-41(33-39)53-43(40-27-26-36-16-7-8-19-38(36)32-40)29-31-50-54(53)48-34-42(28-30-49(48)55-50)52-46-24-11-9-22-44(46)51(37-17-5-2-6-18-37)45-23-10-12-25-47(45)52/h1-34H/i9D,10D,11D,12D,22D,23D,24D,25D. The molecule has 11 aromatic rings. The molecule has 1 heteroatoms. The Morgan fingerprint density at radius 1 is 0.327 bits per heavy atom. The zero-order chi connectivity index (χ0) is 43.3. The van der Waals surface area contributed by atoms with Gasteiger partial charge in [0.05, 0.1) is 11.0 Å². The van der Waals surface area contributed by atoms with Gasteiger partial charge in [0.25, 0.3) is 0 Å². The molecule has 0 amide bonds. The summed E-state index contributed by atoms with van der Waals surface area (Å²) in [7, 11) is 0. The highest BCUT2D eigenvalue weighted by molar-refractivity contribution is 6.23. The zero-order valence-electron chi connectivity index (χ0n) is 37.4. The van der Waals surface area contributed by atoms with Crippen molar-refractivity contribution in [3.05, 3.63) is 206 Å². The van der Waals surface area contributed by atoms with Crippen LogP contribution in [0.5, 0.6) is 0 Å². The molecule has 0 saturated carbocycles. The van der Waals surface area contributed by atoms with Crippen molar-refractivity contribution in [1.29, 1.82) is 0 Å². The van der Waals surface area contributed by atoms with E-state index in [1.807, 2.05) is 60.7 Å². The fourth-order valence-electron chi connectivity index (χ4n) is 8.21. The molecule has 256 valence electrons. The average molecular weight is 707 g/mol. The van der Waals surface area contributed by atoms with Crippen LogP contribution in [0, 0.1) is 0 Å². The van der Waals surface area contributed by atoms with Gasteiger partial charge in [-0.2, -0.15) is 0 Å². The van der Waals surface area contributed by atoms with Crippen LogP contribution in [0.15, 0.2) is 210 Å². The Bertz CT molecular complexity index is 3630. The van der Waals surface area contributed by atoms with Crippen molar-refractivity contribution in [2.75, 3.05) is 0 Å². The number of fused-ring (bicyclic) bond motifs is 6. The number of benzene rings is 10. The van der Waals surface area contributed by atoms with Gasteiger partial charge in [0, 0.05) is 16.3 Å². The van der Waals surface area contributed by atoms with Gasteiger partial charge in [-0.25, -0.2) is 0 Å². The molecule has 0 atom stereocenters. The van der Waals surface area contributed by atoms with Crippen molar-refractivity contribution in [2.24, 2.45) is 0 Å². The van der Waals surface area contributed by atoms with Gasteiger partial charge in [-0.3, -0.25) is 0 Å². The topological polar surface area (TPSA) is 13.1 Å². The van der Waals surface area contributed by atoms with E-state index >= 15 is 0 Å². The molecule has 1 aromatic heterocycles. The lowest BCUT2D eigenvalue weighted by Gasteiger charge is -2.18. The largest absolute Gasteiger partial charge is 0.456 e. The summed E-state index contributed by atoms with van der Waals surface area (Å²) in [6, 6.07) is 49.1. The highest BCUT2D eigenvalue weighted by Gasteiger charge is 2.21. The smallest absolute Gasteiger partial charge is 0.136 e. The molecule has 0 aliphatic carbocycles. The fraction of sp³-hybridized carbons (Fsp3) is 0. The maximum Gasteiger partial charge on any atom is 0.136 e.